The van der Waals surface area contributed by atoms with Crippen LogP contribution < -0.4 is 5.32 Å². The van der Waals surface area contributed by atoms with Crippen LogP contribution in [-0.2, 0) is 11.2 Å². The molecule has 2 rings (SSSR count). The Labute approximate surface area is 106 Å². The van der Waals surface area contributed by atoms with Crippen LogP contribution in [0.5, 0.6) is 0 Å². The van der Waals surface area contributed by atoms with E-state index in [2.05, 4.69) is 5.32 Å². The van der Waals surface area contributed by atoms with E-state index in [0.717, 1.165) is 12.0 Å². The molecule has 1 N–H and O–H groups in total. The van der Waals surface area contributed by atoms with Gasteiger partial charge in [0.15, 0.2) is 0 Å². The lowest BCUT2D eigenvalue weighted by molar-refractivity contribution is -0.119. The maximum absolute atomic E-state index is 13.5. The molecule has 4 heteroatoms. The predicted octanol–water partition coefficient (Wildman–Crippen LogP) is 4.03. The molecule has 1 atom stereocenters. The lowest BCUT2D eigenvalue weighted by Crippen LogP contribution is -2.18. The van der Waals surface area contributed by atoms with Gasteiger partial charge in [0.2, 0.25) is 5.91 Å². The summed E-state index contributed by atoms with van der Waals surface area (Å²) < 4.78 is 13.5. The van der Waals surface area contributed by atoms with E-state index in [1.807, 2.05) is 20.8 Å². The van der Waals surface area contributed by atoms with Gasteiger partial charge < -0.3 is 5.32 Å². The SMILES string of the molecule is CC.CC1CCc2cc(Cl)cc(F)c2NC1=O. The fraction of sp³-hybridized carbons (Fsp3) is 0.462. The Kier molecular flexibility index (Phi) is 4.94. The summed E-state index contributed by atoms with van der Waals surface area (Å²) in [5, 5.41) is 2.97. The number of hydrogen-bond acceptors (Lipinski definition) is 1. The van der Waals surface area contributed by atoms with Gasteiger partial charge in [0.05, 0.1) is 5.69 Å². The van der Waals surface area contributed by atoms with Crippen molar-refractivity contribution in [1.82, 2.24) is 0 Å². The summed E-state index contributed by atoms with van der Waals surface area (Å²) in [5.74, 6) is -0.675. The van der Waals surface area contributed by atoms with Gasteiger partial charge in [-0.2, -0.15) is 0 Å². The molecule has 1 aliphatic heterocycles. The second kappa shape index (κ2) is 6.01. The number of benzene rings is 1. The van der Waals surface area contributed by atoms with Crippen LogP contribution >= 0.6 is 11.6 Å². The van der Waals surface area contributed by atoms with Crippen molar-refractivity contribution in [3.8, 4) is 0 Å². The molecule has 1 aromatic rings. The molecule has 1 amide bonds. The molecule has 0 spiro atoms. The van der Waals surface area contributed by atoms with Crippen molar-refractivity contribution in [1.29, 1.82) is 0 Å². The number of aryl methyl sites for hydroxylation is 1. The summed E-state index contributed by atoms with van der Waals surface area (Å²) in [5.41, 5.74) is 1.06. The van der Waals surface area contributed by atoms with Crippen molar-refractivity contribution < 1.29 is 9.18 Å². The Morgan fingerprint density at radius 3 is 2.71 bits per heavy atom. The number of carbonyl (C=O) groups excluding carboxylic acids is 1. The van der Waals surface area contributed by atoms with Crippen molar-refractivity contribution in [3.05, 3.63) is 28.5 Å². The van der Waals surface area contributed by atoms with Gasteiger partial charge in [-0.25, -0.2) is 4.39 Å². The zero-order valence-corrected chi connectivity index (χ0v) is 11.1. The van der Waals surface area contributed by atoms with Crippen molar-refractivity contribution >= 4 is 23.2 Å². The maximum atomic E-state index is 13.5. The van der Waals surface area contributed by atoms with Crippen LogP contribution in [0, 0.1) is 11.7 Å². The first-order valence-corrected chi connectivity index (χ1v) is 6.24. The van der Waals surface area contributed by atoms with Gasteiger partial charge in [-0.3, -0.25) is 4.79 Å². The fourth-order valence-corrected chi connectivity index (χ4v) is 1.94. The summed E-state index contributed by atoms with van der Waals surface area (Å²) in [6.07, 6.45) is 1.39. The van der Waals surface area contributed by atoms with E-state index in [1.165, 1.54) is 6.07 Å². The number of hydrogen-bond donors (Lipinski definition) is 1. The molecule has 17 heavy (non-hydrogen) atoms. The van der Waals surface area contributed by atoms with Crippen LogP contribution in [0.3, 0.4) is 0 Å². The highest BCUT2D eigenvalue weighted by molar-refractivity contribution is 6.30. The number of nitrogens with one attached hydrogen (secondary N) is 1. The van der Waals surface area contributed by atoms with Crippen LogP contribution in [0.25, 0.3) is 0 Å². The number of anilines is 1. The molecule has 0 aliphatic carbocycles. The molecule has 1 unspecified atom stereocenters. The molecular formula is C13H17ClFNO. The van der Waals surface area contributed by atoms with Crippen molar-refractivity contribution in [2.75, 3.05) is 5.32 Å². The monoisotopic (exact) mass is 257 g/mol. The zero-order chi connectivity index (χ0) is 13.0. The van der Waals surface area contributed by atoms with Gasteiger partial charge in [-0.15, -0.1) is 0 Å². The Morgan fingerprint density at radius 2 is 2.06 bits per heavy atom. The van der Waals surface area contributed by atoms with Gasteiger partial charge in [0.25, 0.3) is 0 Å². The number of carbonyl (C=O) groups is 1. The van der Waals surface area contributed by atoms with Gasteiger partial charge in [-0.05, 0) is 30.5 Å². The first-order chi connectivity index (χ1) is 8.08. The molecule has 94 valence electrons. The Balaban J connectivity index is 0.000000686. The van der Waals surface area contributed by atoms with Gasteiger partial charge in [-0.1, -0.05) is 32.4 Å². The third-order valence-corrected chi connectivity index (χ3v) is 2.90. The summed E-state index contributed by atoms with van der Waals surface area (Å²) in [7, 11) is 0. The number of rotatable bonds is 0. The number of amides is 1. The standard InChI is InChI=1S/C11H11ClFNO.C2H6/c1-6-2-3-7-4-8(12)5-9(13)10(7)14-11(6)15;1-2/h4-6H,2-3H2,1H3,(H,14,15);1-2H3. The molecule has 1 aliphatic rings. The van der Waals surface area contributed by atoms with Gasteiger partial charge in [0.1, 0.15) is 5.82 Å². The molecule has 0 fully saturated rings. The predicted molar refractivity (Wildman–Crippen MR) is 68.9 cm³/mol. The fourth-order valence-electron chi connectivity index (χ4n) is 1.71. The highest BCUT2D eigenvalue weighted by Crippen LogP contribution is 2.29. The van der Waals surface area contributed by atoms with Gasteiger partial charge >= 0.3 is 0 Å². The third-order valence-electron chi connectivity index (χ3n) is 2.68. The lowest BCUT2D eigenvalue weighted by atomic mass is 10.0. The molecular weight excluding hydrogens is 241 g/mol. The summed E-state index contributed by atoms with van der Waals surface area (Å²) in [6.45, 7) is 5.83. The quantitative estimate of drug-likeness (QED) is 0.747. The van der Waals surface area contributed by atoms with Crippen molar-refractivity contribution in [3.63, 3.8) is 0 Å². The average Bonchev–Trinajstić information content (AvgIpc) is 2.44. The van der Waals surface area contributed by atoms with E-state index in [1.54, 1.807) is 6.07 Å². The molecule has 1 aromatic carbocycles. The van der Waals surface area contributed by atoms with E-state index in [9.17, 15) is 9.18 Å². The Hall–Kier alpha value is -1.09. The molecule has 2 nitrogen and oxygen atoms in total. The molecule has 0 bridgehead atoms. The average molecular weight is 258 g/mol. The van der Waals surface area contributed by atoms with E-state index < -0.39 is 5.82 Å². The molecule has 0 radical (unpaired) electrons. The summed E-state index contributed by atoms with van der Waals surface area (Å²) >= 11 is 5.76. The van der Waals surface area contributed by atoms with E-state index in [0.29, 0.717) is 11.4 Å². The van der Waals surface area contributed by atoms with Crippen LogP contribution in [0.2, 0.25) is 5.02 Å². The van der Waals surface area contributed by atoms with E-state index in [-0.39, 0.29) is 17.5 Å². The highest BCUT2D eigenvalue weighted by Gasteiger charge is 2.22. The molecule has 0 saturated carbocycles. The summed E-state index contributed by atoms with van der Waals surface area (Å²) in [6, 6.07) is 2.93. The topological polar surface area (TPSA) is 29.1 Å². The van der Waals surface area contributed by atoms with Gasteiger partial charge in [0, 0.05) is 10.9 Å². The van der Waals surface area contributed by atoms with Crippen LogP contribution in [0.1, 0.15) is 32.8 Å². The zero-order valence-electron chi connectivity index (χ0n) is 10.3. The normalized spacial score (nSPS) is 18.4. The summed E-state index contributed by atoms with van der Waals surface area (Å²) in [4.78, 5) is 11.5. The van der Waals surface area contributed by atoms with Crippen LogP contribution in [0.4, 0.5) is 10.1 Å². The lowest BCUT2D eigenvalue weighted by Gasteiger charge is -2.08. The van der Waals surface area contributed by atoms with Crippen LogP contribution in [0.15, 0.2) is 12.1 Å². The minimum absolute atomic E-state index is 0.0874. The number of halogens is 2. The second-order valence-electron chi connectivity index (χ2n) is 3.85. The van der Waals surface area contributed by atoms with E-state index in [4.69, 9.17) is 11.6 Å². The minimum Gasteiger partial charge on any atom is -0.323 e. The maximum Gasteiger partial charge on any atom is 0.227 e. The second-order valence-corrected chi connectivity index (χ2v) is 4.29. The number of fused-ring (bicyclic) bond motifs is 1. The Morgan fingerprint density at radius 1 is 1.41 bits per heavy atom. The smallest absolute Gasteiger partial charge is 0.227 e. The first kappa shape index (κ1) is 14.0. The van der Waals surface area contributed by atoms with Crippen molar-refractivity contribution in [2.24, 2.45) is 5.92 Å². The molecule has 1 heterocycles. The first-order valence-electron chi connectivity index (χ1n) is 5.86. The van der Waals surface area contributed by atoms with Crippen LogP contribution in [-0.4, -0.2) is 5.91 Å². The van der Waals surface area contributed by atoms with Crippen molar-refractivity contribution in [2.45, 2.75) is 33.6 Å². The minimum atomic E-state index is -0.458. The third kappa shape index (κ3) is 3.19. The molecule has 0 aromatic heterocycles. The molecule has 0 saturated heterocycles. The highest BCUT2D eigenvalue weighted by atomic mass is 35.5. The van der Waals surface area contributed by atoms with E-state index >= 15 is 0 Å². The Bertz CT molecular complexity index is 420. The largest absolute Gasteiger partial charge is 0.323 e.